The number of amides is 1. The lowest BCUT2D eigenvalue weighted by Crippen LogP contribution is -2.37. The van der Waals surface area contributed by atoms with Crippen LogP contribution in [0.5, 0.6) is 0 Å². The van der Waals surface area contributed by atoms with Crippen LogP contribution in [0, 0.1) is 0 Å². The second-order valence-corrected chi connectivity index (χ2v) is 6.40. The van der Waals surface area contributed by atoms with Crippen LogP contribution < -0.4 is 10.0 Å². The van der Waals surface area contributed by atoms with Gasteiger partial charge in [0.15, 0.2) is 0 Å². The summed E-state index contributed by atoms with van der Waals surface area (Å²) in [6, 6.07) is 6.76. The molecule has 1 aromatic carbocycles. The molecule has 0 aliphatic carbocycles. The van der Waals surface area contributed by atoms with E-state index in [0.717, 1.165) is 11.8 Å². The fourth-order valence-electron chi connectivity index (χ4n) is 1.61. The van der Waals surface area contributed by atoms with Crippen LogP contribution in [0.2, 0.25) is 0 Å². The van der Waals surface area contributed by atoms with Gasteiger partial charge in [-0.25, -0.2) is 8.42 Å². The second kappa shape index (κ2) is 4.97. The summed E-state index contributed by atoms with van der Waals surface area (Å²) in [5.74, 6) is -0.0914. The van der Waals surface area contributed by atoms with Gasteiger partial charge in [0, 0.05) is 12.7 Å². The first-order valence-electron chi connectivity index (χ1n) is 5.47. The third-order valence-corrected chi connectivity index (χ3v) is 3.31. The van der Waals surface area contributed by atoms with E-state index in [1.807, 2.05) is 13.8 Å². The number of sulfonamides is 1. The third kappa shape index (κ3) is 3.46. The van der Waals surface area contributed by atoms with Gasteiger partial charge in [0.05, 0.1) is 11.7 Å². The third-order valence-electron chi connectivity index (χ3n) is 2.70. The average Bonchev–Trinajstić information content (AvgIpc) is 2.26. The van der Waals surface area contributed by atoms with Crippen molar-refractivity contribution in [3.05, 3.63) is 29.8 Å². The molecule has 0 aliphatic heterocycles. The molecule has 1 aromatic rings. The summed E-state index contributed by atoms with van der Waals surface area (Å²) in [5.41, 5.74) is 0.646. The van der Waals surface area contributed by atoms with Gasteiger partial charge in [-0.3, -0.25) is 9.52 Å². The molecule has 0 saturated carbocycles. The molecule has 0 radical (unpaired) electrons. The Bertz CT molecular complexity index is 533. The van der Waals surface area contributed by atoms with Crippen molar-refractivity contribution in [1.29, 1.82) is 0 Å². The van der Waals surface area contributed by atoms with Crippen molar-refractivity contribution in [3.63, 3.8) is 0 Å². The molecule has 100 valence electrons. The van der Waals surface area contributed by atoms with Crippen LogP contribution in [0.25, 0.3) is 0 Å². The van der Waals surface area contributed by atoms with Crippen molar-refractivity contribution in [1.82, 2.24) is 5.32 Å². The second-order valence-electron chi connectivity index (χ2n) is 4.66. The van der Waals surface area contributed by atoms with Gasteiger partial charge >= 0.3 is 0 Å². The molecule has 0 bridgehead atoms. The highest BCUT2D eigenvalue weighted by molar-refractivity contribution is 7.92. The van der Waals surface area contributed by atoms with Crippen LogP contribution in [-0.4, -0.2) is 27.6 Å². The van der Waals surface area contributed by atoms with Gasteiger partial charge in [0.25, 0.3) is 0 Å². The number of likely N-dealkylation sites (N-methyl/N-ethyl adjacent to an activating group) is 1. The smallest absolute Gasteiger partial charge is 0.229 e. The average molecular weight is 270 g/mol. The number of carbonyl (C=O) groups excluding carboxylic acids is 1. The summed E-state index contributed by atoms with van der Waals surface area (Å²) in [4.78, 5) is 11.7. The molecule has 0 fully saturated rings. The van der Waals surface area contributed by atoms with E-state index in [0.29, 0.717) is 5.69 Å². The molecule has 18 heavy (non-hydrogen) atoms. The van der Waals surface area contributed by atoms with Gasteiger partial charge in [0.2, 0.25) is 15.9 Å². The van der Waals surface area contributed by atoms with Crippen LogP contribution in [0.4, 0.5) is 5.69 Å². The fraction of sp³-hybridized carbons (Fsp3) is 0.417. The monoisotopic (exact) mass is 270 g/mol. The Kier molecular flexibility index (Phi) is 4.01. The first-order valence-corrected chi connectivity index (χ1v) is 7.36. The number of anilines is 1. The number of rotatable bonds is 4. The molecule has 0 unspecified atom stereocenters. The fourth-order valence-corrected chi connectivity index (χ4v) is 2.18. The zero-order valence-corrected chi connectivity index (χ0v) is 11.8. The number of hydrogen-bond donors (Lipinski definition) is 2. The van der Waals surface area contributed by atoms with Crippen LogP contribution in [0.15, 0.2) is 24.3 Å². The molecule has 6 heteroatoms. The summed E-state index contributed by atoms with van der Waals surface area (Å²) >= 11 is 0. The molecule has 0 saturated heterocycles. The van der Waals surface area contributed by atoms with Gasteiger partial charge in [-0.1, -0.05) is 12.1 Å². The highest BCUT2D eigenvalue weighted by Crippen LogP contribution is 2.24. The molecule has 0 aliphatic rings. The zero-order valence-electron chi connectivity index (χ0n) is 10.9. The largest absolute Gasteiger partial charge is 0.358 e. The van der Waals surface area contributed by atoms with Crippen molar-refractivity contribution < 1.29 is 13.2 Å². The Labute approximate surface area is 108 Å². The maximum atomic E-state index is 11.7. The lowest BCUT2D eigenvalue weighted by Gasteiger charge is -2.23. The van der Waals surface area contributed by atoms with Crippen LogP contribution in [0.1, 0.15) is 19.4 Å². The lowest BCUT2D eigenvalue weighted by molar-refractivity contribution is -0.125. The van der Waals surface area contributed by atoms with Crippen LogP contribution in [-0.2, 0) is 20.2 Å². The summed E-state index contributed by atoms with van der Waals surface area (Å²) in [7, 11) is -1.69. The minimum Gasteiger partial charge on any atom is -0.358 e. The van der Waals surface area contributed by atoms with Crippen molar-refractivity contribution in [2.45, 2.75) is 19.3 Å². The molecular weight excluding hydrogens is 252 g/mol. The Morgan fingerprint density at radius 3 is 2.06 bits per heavy atom. The predicted octanol–water partition coefficient (Wildman–Crippen LogP) is 1.08. The minimum atomic E-state index is -3.28. The standard InChI is InChI=1S/C12H18N2O3S/c1-12(2,11(15)13-3)9-5-7-10(8-6-9)14-18(4,16)17/h5-8,14H,1-4H3,(H,13,15). The maximum Gasteiger partial charge on any atom is 0.229 e. The molecule has 0 aromatic heterocycles. The normalized spacial score (nSPS) is 12.0. The minimum absolute atomic E-state index is 0.0914. The molecule has 5 nitrogen and oxygen atoms in total. The Morgan fingerprint density at radius 2 is 1.67 bits per heavy atom. The van der Waals surface area contributed by atoms with Crippen LogP contribution >= 0.6 is 0 Å². The number of benzene rings is 1. The number of nitrogens with one attached hydrogen (secondary N) is 2. The van der Waals surface area contributed by atoms with E-state index in [9.17, 15) is 13.2 Å². The van der Waals surface area contributed by atoms with Gasteiger partial charge in [0.1, 0.15) is 0 Å². The van der Waals surface area contributed by atoms with Gasteiger partial charge < -0.3 is 5.32 Å². The topological polar surface area (TPSA) is 75.3 Å². The first-order chi connectivity index (χ1) is 8.16. The van der Waals surface area contributed by atoms with Crippen molar-refractivity contribution in [3.8, 4) is 0 Å². The van der Waals surface area contributed by atoms with Crippen molar-refractivity contribution in [2.75, 3.05) is 18.0 Å². The van der Waals surface area contributed by atoms with Crippen LogP contribution in [0.3, 0.4) is 0 Å². The van der Waals surface area contributed by atoms with Crippen molar-refractivity contribution >= 4 is 21.6 Å². The molecular formula is C12H18N2O3S. The SMILES string of the molecule is CNC(=O)C(C)(C)c1ccc(NS(C)(=O)=O)cc1. The van der Waals surface area contributed by atoms with E-state index in [2.05, 4.69) is 10.0 Å². The highest BCUT2D eigenvalue weighted by Gasteiger charge is 2.28. The van der Waals surface area contributed by atoms with Gasteiger partial charge in [-0.2, -0.15) is 0 Å². The predicted molar refractivity (Wildman–Crippen MR) is 72.0 cm³/mol. The van der Waals surface area contributed by atoms with Gasteiger partial charge in [-0.05, 0) is 31.5 Å². The van der Waals surface area contributed by atoms with E-state index >= 15 is 0 Å². The zero-order chi connectivity index (χ0) is 14.0. The molecule has 1 amide bonds. The lowest BCUT2D eigenvalue weighted by atomic mass is 9.84. The maximum absolute atomic E-state index is 11.7. The Balaban J connectivity index is 2.99. The Hall–Kier alpha value is -1.56. The molecule has 0 atom stereocenters. The molecule has 0 heterocycles. The molecule has 1 rings (SSSR count). The molecule has 0 spiro atoms. The van der Waals surface area contributed by atoms with Gasteiger partial charge in [-0.15, -0.1) is 0 Å². The van der Waals surface area contributed by atoms with E-state index in [1.165, 1.54) is 0 Å². The summed E-state index contributed by atoms with van der Waals surface area (Å²) in [6.07, 6.45) is 1.09. The van der Waals surface area contributed by atoms with E-state index < -0.39 is 15.4 Å². The summed E-state index contributed by atoms with van der Waals surface area (Å²) in [6.45, 7) is 3.62. The van der Waals surface area contributed by atoms with E-state index in [-0.39, 0.29) is 5.91 Å². The summed E-state index contributed by atoms with van der Waals surface area (Å²) < 4.78 is 24.5. The molecule has 2 N–H and O–H groups in total. The van der Waals surface area contributed by atoms with E-state index in [4.69, 9.17) is 0 Å². The highest BCUT2D eigenvalue weighted by atomic mass is 32.2. The number of hydrogen-bond acceptors (Lipinski definition) is 3. The Morgan fingerprint density at radius 1 is 1.17 bits per heavy atom. The first kappa shape index (κ1) is 14.5. The van der Waals surface area contributed by atoms with E-state index in [1.54, 1.807) is 31.3 Å². The quantitative estimate of drug-likeness (QED) is 0.859. The number of carbonyl (C=O) groups is 1. The van der Waals surface area contributed by atoms with Crippen molar-refractivity contribution in [2.24, 2.45) is 0 Å². The summed E-state index contributed by atoms with van der Waals surface area (Å²) in [5, 5.41) is 2.61.